The molecule has 0 bridgehead atoms. The van der Waals surface area contributed by atoms with Gasteiger partial charge in [0.15, 0.2) is 6.61 Å². The molecule has 0 saturated heterocycles. The van der Waals surface area contributed by atoms with Crippen LogP contribution >= 0.6 is 11.6 Å². The molecule has 0 aliphatic carbocycles. The topological polar surface area (TPSA) is 73.9 Å². The first-order valence-corrected chi connectivity index (χ1v) is 9.21. The number of hydrogen-bond donors (Lipinski definition) is 1. The summed E-state index contributed by atoms with van der Waals surface area (Å²) in [4.78, 5) is 24.0. The van der Waals surface area contributed by atoms with E-state index in [-0.39, 0.29) is 25.0 Å². The molecule has 28 heavy (non-hydrogen) atoms. The molecule has 6 nitrogen and oxygen atoms in total. The molecule has 0 unspecified atom stereocenters. The van der Waals surface area contributed by atoms with Gasteiger partial charge in [-0.05, 0) is 48.7 Å². The molecule has 2 rings (SSSR count). The number of nitrogens with one attached hydrogen (secondary N) is 1. The van der Waals surface area contributed by atoms with Gasteiger partial charge in [0.25, 0.3) is 5.91 Å². The zero-order chi connectivity index (χ0) is 20.5. The van der Waals surface area contributed by atoms with Crippen LogP contribution in [-0.4, -0.2) is 32.7 Å². The quantitative estimate of drug-likeness (QED) is 0.644. The van der Waals surface area contributed by atoms with Crippen LogP contribution in [0.5, 0.6) is 11.5 Å². The number of methoxy groups -OCH3 is 2. The maximum absolute atomic E-state index is 12.0. The zero-order valence-electron chi connectivity index (χ0n) is 16.2. The molecule has 2 aromatic rings. The van der Waals surface area contributed by atoms with E-state index < -0.39 is 5.97 Å². The van der Waals surface area contributed by atoms with Crippen molar-refractivity contribution in [2.75, 3.05) is 20.8 Å². The number of ether oxygens (including phenoxy) is 3. The van der Waals surface area contributed by atoms with E-state index in [1.807, 2.05) is 31.2 Å². The molecule has 0 aromatic heterocycles. The fourth-order valence-corrected chi connectivity index (χ4v) is 2.82. The van der Waals surface area contributed by atoms with Gasteiger partial charge < -0.3 is 19.5 Å². The monoisotopic (exact) mass is 405 g/mol. The summed E-state index contributed by atoms with van der Waals surface area (Å²) in [6.07, 6.45) is 0.598. The average Bonchev–Trinajstić information content (AvgIpc) is 2.70. The third kappa shape index (κ3) is 6.78. The van der Waals surface area contributed by atoms with E-state index in [0.29, 0.717) is 22.9 Å². The van der Waals surface area contributed by atoms with Crippen LogP contribution < -0.4 is 14.8 Å². The number of benzene rings is 2. The van der Waals surface area contributed by atoms with Gasteiger partial charge in [-0.1, -0.05) is 23.7 Å². The molecule has 0 saturated carbocycles. The van der Waals surface area contributed by atoms with Gasteiger partial charge in [0.05, 0.1) is 20.3 Å². The lowest BCUT2D eigenvalue weighted by Gasteiger charge is -2.14. The van der Waals surface area contributed by atoms with Crippen LogP contribution in [0, 0.1) is 0 Å². The summed E-state index contributed by atoms with van der Waals surface area (Å²) in [5, 5.41) is 3.37. The van der Waals surface area contributed by atoms with Gasteiger partial charge in [-0.15, -0.1) is 0 Å². The molecule has 7 heteroatoms. The average molecular weight is 406 g/mol. The Bertz CT molecular complexity index is 802. The van der Waals surface area contributed by atoms with E-state index in [2.05, 4.69) is 5.32 Å². The van der Waals surface area contributed by atoms with Crippen molar-refractivity contribution in [2.45, 2.75) is 25.8 Å². The second-order valence-corrected chi connectivity index (χ2v) is 6.66. The molecule has 0 heterocycles. The van der Waals surface area contributed by atoms with Crippen molar-refractivity contribution in [3.05, 3.63) is 58.6 Å². The largest absolute Gasteiger partial charge is 0.497 e. The van der Waals surface area contributed by atoms with Crippen LogP contribution in [0.25, 0.3) is 0 Å². The van der Waals surface area contributed by atoms with Crippen molar-refractivity contribution >= 4 is 23.5 Å². The number of aryl methyl sites for hydroxylation is 1. The van der Waals surface area contributed by atoms with Gasteiger partial charge in [-0.3, -0.25) is 9.59 Å². The predicted octanol–water partition coefficient (Wildman–Crippen LogP) is 3.71. The van der Waals surface area contributed by atoms with Gasteiger partial charge >= 0.3 is 5.97 Å². The Hall–Kier alpha value is -2.73. The first-order valence-electron chi connectivity index (χ1n) is 8.83. The maximum atomic E-state index is 12.0. The lowest BCUT2D eigenvalue weighted by molar-refractivity contribution is -0.148. The highest BCUT2D eigenvalue weighted by atomic mass is 35.5. The Morgan fingerprint density at radius 2 is 1.75 bits per heavy atom. The Morgan fingerprint density at radius 3 is 2.36 bits per heavy atom. The van der Waals surface area contributed by atoms with Crippen molar-refractivity contribution in [3.8, 4) is 11.5 Å². The van der Waals surface area contributed by atoms with Crippen LogP contribution in [0.4, 0.5) is 0 Å². The SMILES string of the molecule is COc1cc(CCC(=O)OCC(=O)N[C@@H](C)c2cccc(Cl)c2)cc(OC)c1. The van der Waals surface area contributed by atoms with E-state index in [1.165, 1.54) is 0 Å². The Labute approximate surface area is 169 Å². The molecule has 0 fully saturated rings. The highest BCUT2D eigenvalue weighted by molar-refractivity contribution is 6.30. The Morgan fingerprint density at radius 1 is 1.07 bits per heavy atom. The minimum absolute atomic E-state index is 0.146. The van der Waals surface area contributed by atoms with E-state index in [0.717, 1.165) is 11.1 Å². The van der Waals surface area contributed by atoms with Crippen molar-refractivity contribution in [2.24, 2.45) is 0 Å². The summed E-state index contributed by atoms with van der Waals surface area (Å²) in [5.41, 5.74) is 1.76. The summed E-state index contributed by atoms with van der Waals surface area (Å²) in [7, 11) is 3.13. The molecular formula is C21H24ClNO5. The van der Waals surface area contributed by atoms with Gasteiger partial charge in [0.1, 0.15) is 11.5 Å². The van der Waals surface area contributed by atoms with E-state index in [4.69, 9.17) is 25.8 Å². The second-order valence-electron chi connectivity index (χ2n) is 6.23. The summed E-state index contributed by atoms with van der Waals surface area (Å²) < 4.78 is 15.5. The highest BCUT2D eigenvalue weighted by Gasteiger charge is 2.13. The van der Waals surface area contributed by atoms with E-state index in [1.54, 1.807) is 32.4 Å². The smallest absolute Gasteiger partial charge is 0.306 e. The molecule has 1 amide bonds. The molecule has 2 aromatic carbocycles. The predicted molar refractivity (Wildman–Crippen MR) is 107 cm³/mol. The standard InChI is InChI=1S/C21H24ClNO5/c1-14(16-5-4-6-17(22)11-16)23-20(24)13-28-21(25)8-7-15-9-18(26-2)12-19(10-15)27-3/h4-6,9-12,14H,7-8,13H2,1-3H3,(H,23,24)/t14-/m0/s1. The van der Waals surface area contributed by atoms with Crippen LogP contribution in [-0.2, 0) is 20.7 Å². The molecular weight excluding hydrogens is 382 g/mol. The Balaban J connectivity index is 1.78. The minimum Gasteiger partial charge on any atom is -0.497 e. The number of esters is 1. The summed E-state index contributed by atoms with van der Waals surface area (Å²) in [5.74, 6) is 0.477. The van der Waals surface area contributed by atoms with Gasteiger partial charge in [-0.25, -0.2) is 0 Å². The fraction of sp³-hybridized carbons (Fsp3) is 0.333. The third-order valence-corrected chi connectivity index (χ3v) is 4.35. The van der Waals surface area contributed by atoms with E-state index in [9.17, 15) is 9.59 Å². The highest BCUT2D eigenvalue weighted by Crippen LogP contribution is 2.23. The molecule has 1 N–H and O–H groups in total. The number of carbonyl (C=O) groups is 2. The summed E-state index contributed by atoms with van der Waals surface area (Å²) in [6.45, 7) is 1.51. The molecule has 0 aliphatic heterocycles. The number of carbonyl (C=O) groups excluding carboxylic acids is 2. The first-order chi connectivity index (χ1) is 13.4. The van der Waals surface area contributed by atoms with Crippen LogP contribution in [0.15, 0.2) is 42.5 Å². The van der Waals surface area contributed by atoms with Crippen LogP contribution in [0.3, 0.4) is 0 Å². The Kier molecular flexibility index (Phi) is 8.14. The molecule has 0 radical (unpaired) electrons. The zero-order valence-corrected chi connectivity index (χ0v) is 16.9. The van der Waals surface area contributed by atoms with Crippen LogP contribution in [0.1, 0.15) is 30.5 Å². The van der Waals surface area contributed by atoms with Gasteiger partial charge in [-0.2, -0.15) is 0 Å². The van der Waals surface area contributed by atoms with Crippen molar-refractivity contribution in [1.29, 1.82) is 0 Å². The fourth-order valence-electron chi connectivity index (χ4n) is 2.62. The van der Waals surface area contributed by atoms with E-state index >= 15 is 0 Å². The molecule has 150 valence electrons. The third-order valence-electron chi connectivity index (χ3n) is 4.12. The second kappa shape index (κ2) is 10.6. The number of halogens is 1. The summed E-state index contributed by atoms with van der Waals surface area (Å²) in [6, 6.07) is 12.4. The van der Waals surface area contributed by atoms with Gasteiger partial charge in [0, 0.05) is 17.5 Å². The lowest BCUT2D eigenvalue weighted by atomic mass is 10.1. The van der Waals surface area contributed by atoms with Crippen molar-refractivity contribution in [3.63, 3.8) is 0 Å². The van der Waals surface area contributed by atoms with Crippen molar-refractivity contribution in [1.82, 2.24) is 5.32 Å². The number of rotatable bonds is 9. The normalized spacial score (nSPS) is 11.4. The number of hydrogen-bond acceptors (Lipinski definition) is 5. The molecule has 0 aliphatic rings. The van der Waals surface area contributed by atoms with Gasteiger partial charge in [0.2, 0.25) is 0 Å². The number of amides is 1. The molecule has 1 atom stereocenters. The lowest BCUT2D eigenvalue weighted by Crippen LogP contribution is -2.31. The molecule has 0 spiro atoms. The summed E-state index contributed by atoms with van der Waals surface area (Å²) >= 11 is 5.95. The first kappa shape index (κ1) is 21.6. The maximum Gasteiger partial charge on any atom is 0.306 e. The minimum atomic E-state index is -0.452. The van der Waals surface area contributed by atoms with Crippen molar-refractivity contribution < 1.29 is 23.8 Å². The van der Waals surface area contributed by atoms with Crippen LogP contribution in [0.2, 0.25) is 5.02 Å².